The smallest absolute Gasteiger partial charge is 0.119 e. The Morgan fingerprint density at radius 1 is 1.44 bits per heavy atom. The fourth-order valence-corrected chi connectivity index (χ4v) is 4.31. The Morgan fingerprint density at radius 2 is 2.19 bits per heavy atom. The van der Waals surface area contributed by atoms with Crippen LogP contribution >= 0.6 is 7.55 Å². The van der Waals surface area contributed by atoms with Crippen molar-refractivity contribution in [1.82, 2.24) is 4.90 Å². The van der Waals surface area contributed by atoms with E-state index in [1.54, 1.807) is 7.11 Å². The van der Waals surface area contributed by atoms with Crippen molar-refractivity contribution in [3.8, 4) is 0 Å². The molecular weight excluding hydrogens is 217 g/mol. The van der Waals surface area contributed by atoms with Crippen LogP contribution in [0.25, 0.3) is 0 Å². The number of methoxy groups -OCH3 is 1. The lowest BCUT2D eigenvalue weighted by atomic mass is 10.2. The molecular formula is C13H24NOP. The van der Waals surface area contributed by atoms with E-state index in [1.807, 2.05) is 6.08 Å². The van der Waals surface area contributed by atoms with E-state index in [0.29, 0.717) is 0 Å². The summed E-state index contributed by atoms with van der Waals surface area (Å²) in [5.41, 5.74) is 0.822. The lowest BCUT2D eigenvalue weighted by Gasteiger charge is -2.21. The molecule has 0 bridgehead atoms. The summed E-state index contributed by atoms with van der Waals surface area (Å²) in [6.07, 6.45) is 6.76. The molecule has 0 aromatic heterocycles. The predicted molar refractivity (Wildman–Crippen MR) is 75.9 cm³/mol. The van der Waals surface area contributed by atoms with Gasteiger partial charge in [-0.3, -0.25) is 0 Å². The standard InChI is InChI=1S/C13H24NOP/c1-5-13(8-9-14(2)3)16-10-6-7-12(11-16)15-4/h6-7,10-11,13,16H,5,8-9H2,1-4H3. The van der Waals surface area contributed by atoms with Gasteiger partial charge >= 0.3 is 0 Å². The molecule has 1 aliphatic heterocycles. The van der Waals surface area contributed by atoms with E-state index in [-0.39, 0.29) is 0 Å². The fraction of sp³-hybridized carbons (Fsp3) is 0.615. The van der Waals surface area contributed by atoms with Gasteiger partial charge in [0.1, 0.15) is 5.76 Å². The first-order valence-corrected chi connectivity index (χ1v) is 7.69. The highest BCUT2D eigenvalue weighted by Crippen LogP contribution is 2.38. The summed E-state index contributed by atoms with van der Waals surface area (Å²) in [6.45, 7) is 3.48. The second-order valence-corrected chi connectivity index (χ2v) is 6.91. The Hall–Kier alpha value is -0.460. The zero-order valence-electron chi connectivity index (χ0n) is 10.9. The predicted octanol–water partition coefficient (Wildman–Crippen LogP) is 2.79. The van der Waals surface area contributed by atoms with Crippen molar-refractivity contribution >= 4 is 13.3 Å². The largest absolute Gasteiger partial charge is 0.497 e. The molecule has 0 saturated heterocycles. The molecule has 0 aliphatic carbocycles. The summed E-state index contributed by atoms with van der Waals surface area (Å²) in [4.78, 5) is 2.27. The molecule has 0 radical (unpaired) electrons. The van der Waals surface area contributed by atoms with Crippen LogP contribution in [-0.4, -0.2) is 44.1 Å². The van der Waals surface area contributed by atoms with Crippen LogP contribution in [0.4, 0.5) is 0 Å². The van der Waals surface area contributed by atoms with Crippen molar-refractivity contribution in [3.05, 3.63) is 23.7 Å². The van der Waals surface area contributed by atoms with Crippen LogP contribution in [0.5, 0.6) is 0 Å². The zero-order valence-corrected chi connectivity index (χ0v) is 11.9. The summed E-state index contributed by atoms with van der Waals surface area (Å²) in [7, 11) is 5.52. The van der Waals surface area contributed by atoms with Gasteiger partial charge in [0.2, 0.25) is 0 Å². The van der Waals surface area contributed by atoms with Gasteiger partial charge in [-0.2, -0.15) is 0 Å². The molecule has 0 N–H and O–H groups in total. The van der Waals surface area contributed by atoms with Crippen LogP contribution in [0.15, 0.2) is 23.7 Å². The van der Waals surface area contributed by atoms with Gasteiger partial charge < -0.3 is 9.64 Å². The molecule has 2 unspecified atom stereocenters. The Balaban J connectivity index is 2.63. The number of ether oxygens (including phenoxy) is 1. The minimum absolute atomic E-state index is 0.519. The number of hydrogen-bond donors (Lipinski definition) is 0. The van der Waals surface area contributed by atoms with Crippen molar-refractivity contribution in [1.29, 1.82) is 0 Å². The van der Waals surface area contributed by atoms with Crippen molar-refractivity contribution in [2.75, 3.05) is 27.7 Å². The molecule has 0 aromatic rings. The van der Waals surface area contributed by atoms with Crippen LogP contribution in [0, 0.1) is 0 Å². The van der Waals surface area contributed by atoms with Crippen molar-refractivity contribution in [3.63, 3.8) is 0 Å². The minimum atomic E-state index is -0.519. The first-order valence-electron chi connectivity index (χ1n) is 5.96. The molecule has 92 valence electrons. The van der Waals surface area contributed by atoms with E-state index >= 15 is 0 Å². The third-order valence-corrected chi connectivity index (χ3v) is 5.82. The molecule has 0 spiro atoms. The number of allylic oxidation sites excluding steroid dienone is 3. The second-order valence-electron chi connectivity index (χ2n) is 4.47. The summed E-state index contributed by atoms with van der Waals surface area (Å²) in [5.74, 6) is 5.77. The van der Waals surface area contributed by atoms with Crippen molar-refractivity contribution < 1.29 is 4.74 Å². The Kier molecular flexibility index (Phi) is 5.94. The van der Waals surface area contributed by atoms with Gasteiger partial charge in [-0.15, -0.1) is 0 Å². The summed E-state index contributed by atoms with van der Waals surface area (Å²) >= 11 is 0. The quantitative estimate of drug-likeness (QED) is 0.663. The fourth-order valence-electron chi connectivity index (χ4n) is 1.92. The number of hydrogen-bond acceptors (Lipinski definition) is 2. The first kappa shape index (κ1) is 13.6. The maximum atomic E-state index is 5.31. The van der Waals surface area contributed by atoms with Gasteiger partial charge in [0, 0.05) is 0 Å². The van der Waals surface area contributed by atoms with Crippen LogP contribution in [-0.2, 0) is 4.74 Å². The molecule has 0 amide bonds. The Bertz CT molecular complexity index is 305. The van der Waals surface area contributed by atoms with Crippen LogP contribution in [0.1, 0.15) is 19.8 Å². The van der Waals surface area contributed by atoms with Gasteiger partial charge in [-0.05, 0) is 51.0 Å². The van der Waals surface area contributed by atoms with Crippen LogP contribution in [0.3, 0.4) is 0 Å². The average Bonchev–Trinajstić information content (AvgIpc) is 2.30. The lowest BCUT2D eigenvalue weighted by Crippen LogP contribution is -2.17. The van der Waals surface area contributed by atoms with E-state index in [2.05, 4.69) is 43.6 Å². The van der Waals surface area contributed by atoms with E-state index in [1.165, 1.54) is 19.4 Å². The maximum absolute atomic E-state index is 5.31. The third kappa shape index (κ3) is 4.19. The number of nitrogens with zero attached hydrogens (tertiary/aromatic N) is 1. The van der Waals surface area contributed by atoms with Gasteiger partial charge in [0.15, 0.2) is 0 Å². The van der Waals surface area contributed by atoms with E-state index in [4.69, 9.17) is 4.74 Å². The van der Waals surface area contributed by atoms with E-state index in [9.17, 15) is 0 Å². The molecule has 2 atom stereocenters. The molecule has 0 aromatic carbocycles. The highest BCUT2D eigenvalue weighted by Gasteiger charge is 2.11. The monoisotopic (exact) mass is 241 g/mol. The minimum Gasteiger partial charge on any atom is -0.497 e. The molecule has 1 heterocycles. The Morgan fingerprint density at radius 3 is 2.75 bits per heavy atom. The Labute approximate surface area is 100 Å². The lowest BCUT2D eigenvalue weighted by molar-refractivity contribution is 0.318. The first-order chi connectivity index (χ1) is 7.67. The van der Waals surface area contributed by atoms with Crippen LogP contribution in [0.2, 0.25) is 0 Å². The van der Waals surface area contributed by atoms with Crippen molar-refractivity contribution in [2.45, 2.75) is 25.4 Å². The number of rotatable bonds is 6. The summed E-state index contributed by atoms with van der Waals surface area (Å²) < 4.78 is 5.31. The van der Waals surface area contributed by atoms with E-state index < -0.39 is 7.55 Å². The molecule has 1 rings (SSSR count). The normalized spacial score (nSPS) is 21.6. The van der Waals surface area contributed by atoms with Gasteiger partial charge in [-0.25, -0.2) is 0 Å². The molecule has 3 heteroatoms. The molecule has 2 nitrogen and oxygen atoms in total. The van der Waals surface area contributed by atoms with Crippen LogP contribution < -0.4 is 0 Å². The highest BCUT2D eigenvalue weighted by molar-refractivity contribution is 7.61. The second kappa shape index (κ2) is 6.98. The topological polar surface area (TPSA) is 12.5 Å². The molecule has 0 saturated carbocycles. The maximum Gasteiger partial charge on any atom is 0.119 e. The van der Waals surface area contributed by atoms with Crippen molar-refractivity contribution in [2.24, 2.45) is 0 Å². The summed E-state index contributed by atoms with van der Waals surface area (Å²) in [6, 6.07) is 0. The molecule has 16 heavy (non-hydrogen) atoms. The zero-order chi connectivity index (χ0) is 12.0. The third-order valence-electron chi connectivity index (χ3n) is 2.98. The van der Waals surface area contributed by atoms with Gasteiger partial charge in [0.25, 0.3) is 0 Å². The SMILES string of the molecule is CCC(CCN(C)C)[PH]1=CC(OC)=CC=C1. The highest BCUT2D eigenvalue weighted by atomic mass is 31.1. The van der Waals surface area contributed by atoms with Gasteiger partial charge in [0.05, 0.1) is 7.11 Å². The molecule has 0 fully saturated rings. The average molecular weight is 241 g/mol. The summed E-state index contributed by atoms with van der Waals surface area (Å²) in [5, 5.41) is 0. The van der Waals surface area contributed by atoms with E-state index in [0.717, 1.165) is 11.4 Å². The molecule has 1 aliphatic rings. The van der Waals surface area contributed by atoms with Gasteiger partial charge in [-0.1, -0.05) is 26.4 Å².